The van der Waals surface area contributed by atoms with Gasteiger partial charge in [-0.15, -0.1) is 0 Å². The average molecular weight is 526 g/mol. The Bertz CT molecular complexity index is 981. The van der Waals surface area contributed by atoms with Gasteiger partial charge in [0.2, 0.25) is 0 Å². The average Bonchev–Trinajstić information content (AvgIpc) is 2.85. The standard InChI is InChI=1S/C27H34F3NO6/c1-3-5-6-9-16-31(26(34)37-23-11-8-7-10-22(23)27(28,29)30)17-18-36-21-14-12-20(13-15-21)19-24(25(32)33)35-4-2/h7-8,10-15,24H,3-6,9,16-19H2,1-2H3,(H,32,33). The Kier molecular flexibility index (Phi) is 12.2. The Balaban J connectivity index is 1.99. The van der Waals surface area contributed by atoms with Crippen molar-refractivity contribution >= 4 is 12.1 Å². The molecule has 1 atom stereocenters. The van der Waals surface area contributed by atoms with Crippen molar-refractivity contribution < 1.29 is 42.1 Å². The number of nitrogens with zero attached hydrogens (tertiary/aromatic N) is 1. The summed E-state index contributed by atoms with van der Waals surface area (Å²) < 4.78 is 56.0. The molecule has 0 aliphatic heterocycles. The summed E-state index contributed by atoms with van der Waals surface area (Å²) >= 11 is 0. The second-order valence-electron chi connectivity index (χ2n) is 8.39. The topological polar surface area (TPSA) is 85.3 Å². The van der Waals surface area contributed by atoms with Crippen molar-refractivity contribution in [1.29, 1.82) is 0 Å². The maximum Gasteiger partial charge on any atom is 0.419 e. The molecule has 0 bridgehead atoms. The molecule has 0 radical (unpaired) electrons. The van der Waals surface area contributed by atoms with Crippen molar-refractivity contribution in [2.45, 2.75) is 58.2 Å². The summed E-state index contributed by atoms with van der Waals surface area (Å²) in [6, 6.07) is 11.4. The molecular formula is C27H34F3NO6. The van der Waals surface area contributed by atoms with Crippen molar-refractivity contribution in [3.8, 4) is 11.5 Å². The van der Waals surface area contributed by atoms with Crippen LogP contribution in [0.25, 0.3) is 0 Å². The minimum Gasteiger partial charge on any atom is -0.492 e. The number of aliphatic carboxylic acids is 1. The van der Waals surface area contributed by atoms with E-state index in [4.69, 9.17) is 14.2 Å². The molecule has 10 heteroatoms. The third kappa shape index (κ3) is 10.3. The Morgan fingerprint density at radius 1 is 0.973 bits per heavy atom. The molecule has 2 rings (SSSR count). The largest absolute Gasteiger partial charge is 0.492 e. The summed E-state index contributed by atoms with van der Waals surface area (Å²) in [7, 11) is 0. The van der Waals surface area contributed by atoms with Gasteiger partial charge in [-0.05, 0) is 43.2 Å². The Labute approximate surface area is 215 Å². The lowest BCUT2D eigenvalue weighted by Gasteiger charge is -2.23. The lowest BCUT2D eigenvalue weighted by molar-refractivity contribution is -0.150. The monoisotopic (exact) mass is 525 g/mol. The highest BCUT2D eigenvalue weighted by molar-refractivity contribution is 5.72. The molecule has 0 aliphatic rings. The molecule has 1 N–H and O–H groups in total. The zero-order valence-electron chi connectivity index (χ0n) is 21.1. The molecule has 0 aliphatic carbocycles. The normalized spacial score (nSPS) is 12.1. The second kappa shape index (κ2) is 15.1. The Hall–Kier alpha value is -3.27. The van der Waals surface area contributed by atoms with Gasteiger partial charge in [0.25, 0.3) is 0 Å². The minimum absolute atomic E-state index is 0.0971. The van der Waals surface area contributed by atoms with Crippen LogP contribution in [0.1, 0.15) is 50.7 Å². The molecule has 0 heterocycles. The Morgan fingerprint density at radius 3 is 2.30 bits per heavy atom. The smallest absolute Gasteiger partial charge is 0.419 e. The van der Waals surface area contributed by atoms with Crippen LogP contribution in [0.3, 0.4) is 0 Å². The highest BCUT2D eigenvalue weighted by atomic mass is 19.4. The van der Waals surface area contributed by atoms with Crippen LogP contribution < -0.4 is 9.47 Å². The number of alkyl halides is 3. The van der Waals surface area contributed by atoms with Gasteiger partial charge in [-0.2, -0.15) is 13.2 Å². The van der Waals surface area contributed by atoms with E-state index < -0.39 is 35.7 Å². The van der Waals surface area contributed by atoms with Gasteiger partial charge >= 0.3 is 18.2 Å². The molecule has 0 saturated heterocycles. The van der Waals surface area contributed by atoms with E-state index in [0.29, 0.717) is 18.7 Å². The number of hydrogen-bond donors (Lipinski definition) is 1. The minimum atomic E-state index is -4.65. The fraction of sp³-hybridized carbons (Fsp3) is 0.481. The molecule has 2 aromatic rings. The number of unbranched alkanes of at least 4 members (excludes halogenated alkanes) is 3. The van der Waals surface area contributed by atoms with Gasteiger partial charge in [0.05, 0.1) is 12.1 Å². The number of carbonyl (C=O) groups is 2. The second-order valence-corrected chi connectivity index (χ2v) is 8.39. The number of hydrogen-bond acceptors (Lipinski definition) is 5. The first-order valence-corrected chi connectivity index (χ1v) is 12.3. The van der Waals surface area contributed by atoms with Crippen LogP contribution in [0.2, 0.25) is 0 Å². The molecule has 204 valence electrons. The summed E-state index contributed by atoms with van der Waals surface area (Å²) in [5.41, 5.74) is -0.252. The zero-order valence-corrected chi connectivity index (χ0v) is 21.1. The highest BCUT2D eigenvalue weighted by Crippen LogP contribution is 2.36. The van der Waals surface area contributed by atoms with Gasteiger partial charge < -0.3 is 24.2 Å². The van der Waals surface area contributed by atoms with E-state index in [1.165, 1.54) is 17.0 Å². The van der Waals surface area contributed by atoms with Crippen molar-refractivity contribution in [2.24, 2.45) is 0 Å². The molecular weight excluding hydrogens is 491 g/mol. The van der Waals surface area contributed by atoms with Crippen molar-refractivity contribution in [3.05, 3.63) is 59.7 Å². The zero-order chi connectivity index (χ0) is 27.3. The number of carboxylic acids is 1. The first kappa shape index (κ1) is 30.0. The van der Waals surface area contributed by atoms with Gasteiger partial charge in [-0.3, -0.25) is 0 Å². The third-order valence-electron chi connectivity index (χ3n) is 5.55. The van der Waals surface area contributed by atoms with Crippen LogP contribution in [0.15, 0.2) is 48.5 Å². The lowest BCUT2D eigenvalue weighted by Crippen LogP contribution is -2.37. The molecule has 2 aromatic carbocycles. The van der Waals surface area contributed by atoms with Crippen molar-refractivity contribution in [3.63, 3.8) is 0 Å². The fourth-order valence-corrected chi connectivity index (χ4v) is 3.60. The molecule has 1 unspecified atom stereocenters. The lowest BCUT2D eigenvalue weighted by atomic mass is 10.1. The number of para-hydroxylation sites is 1. The van der Waals surface area contributed by atoms with Crippen molar-refractivity contribution in [1.82, 2.24) is 4.90 Å². The van der Waals surface area contributed by atoms with E-state index in [-0.39, 0.29) is 26.2 Å². The SMILES string of the molecule is CCCCCCN(CCOc1ccc(CC(OCC)C(=O)O)cc1)C(=O)Oc1ccccc1C(F)(F)F. The van der Waals surface area contributed by atoms with E-state index in [1.54, 1.807) is 31.2 Å². The predicted molar refractivity (Wildman–Crippen MR) is 132 cm³/mol. The van der Waals surface area contributed by atoms with E-state index in [2.05, 4.69) is 6.92 Å². The molecule has 1 amide bonds. The molecule has 7 nitrogen and oxygen atoms in total. The van der Waals surface area contributed by atoms with Gasteiger partial charge in [-0.1, -0.05) is 50.5 Å². The van der Waals surface area contributed by atoms with Crippen LogP contribution in [0, 0.1) is 0 Å². The summed E-state index contributed by atoms with van der Waals surface area (Å²) in [5, 5.41) is 9.22. The first-order valence-electron chi connectivity index (χ1n) is 12.3. The quantitative estimate of drug-likeness (QED) is 0.279. The number of rotatable bonds is 15. The van der Waals surface area contributed by atoms with E-state index in [9.17, 15) is 27.9 Å². The van der Waals surface area contributed by atoms with E-state index >= 15 is 0 Å². The van der Waals surface area contributed by atoms with Crippen LogP contribution >= 0.6 is 0 Å². The van der Waals surface area contributed by atoms with Crippen LogP contribution in [0.5, 0.6) is 11.5 Å². The summed E-state index contributed by atoms with van der Waals surface area (Å²) in [6.45, 7) is 4.61. The summed E-state index contributed by atoms with van der Waals surface area (Å²) in [5.74, 6) is -1.07. The molecule has 0 spiro atoms. The number of benzene rings is 2. The third-order valence-corrected chi connectivity index (χ3v) is 5.55. The molecule has 0 saturated carbocycles. The highest BCUT2D eigenvalue weighted by Gasteiger charge is 2.35. The number of carbonyl (C=O) groups excluding carboxylic acids is 1. The van der Waals surface area contributed by atoms with E-state index in [1.807, 2.05) is 0 Å². The van der Waals surface area contributed by atoms with Crippen LogP contribution in [-0.4, -0.2) is 54.5 Å². The van der Waals surface area contributed by atoms with Gasteiger partial charge in [0.1, 0.15) is 18.1 Å². The molecule has 37 heavy (non-hydrogen) atoms. The van der Waals surface area contributed by atoms with Gasteiger partial charge in [-0.25, -0.2) is 9.59 Å². The summed E-state index contributed by atoms with van der Waals surface area (Å²) in [6.07, 6.45) is -2.71. The van der Waals surface area contributed by atoms with Gasteiger partial charge in [0, 0.05) is 19.6 Å². The van der Waals surface area contributed by atoms with Crippen LogP contribution in [0.4, 0.5) is 18.0 Å². The number of ether oxygens (including phenoxy) is 3. The maximum absolute atomic E-state index is 13.3. The Morgan fingerprint density at radius 2 is 1.68 bits per heavy atom. The maximum atomic E-state index is 13.3. The first-order chi connectivity index (χ1) is 17.7. The fourth-order valence-electron chi connectivity index (χ4n) is 3.60. The number of amides is 1. The van der Waals surface area contributed by atoms with Gasteiger partial charge in [0.15, 0.2) is 6.10 Å². The van der Waals surface area contributed by atoms with Crippen LogP contribution in [-0.2, 0) is 22.1 Å². The van der Waals surface area contributed by atoms with Crippen molar-refractivity contribution in [2.75, 3.05) is 26.3 Å². The molecule has 0 fully saturated rings. The number of carboxylic acid groups (broad SMARTS) is 1. The summed E-state index contributed by atoms with van der Waals surface area (Å²) in [4.78, 5) is 25.4. The number of halogens is 3. The van der Waals surface area contributed by atoms with E-state index in [0.717, 1.165) is 37.0 Å². The molecule has 0 aromatic heterocycles. The predicted octanol–water partition coefficient (Wildman–Crippen LogP) is 6.20.